The molecule has 0 amide bonds. The van der Waals surface area contributed by atoms with Crippen molar-refractivity contribution in [3.8, 4) is 5.13 Å². The molecule has 10 nitrogen and oxygen atoms in total. The smallest absolute Gasteiger partial charge is 0.341 e. The molecular formula is C17H17FN6O4S. The van der Waals surface area contributed by atoms with Gasteiger partial charge in [-0.15, -0.1) is 11.3 Å². The Morgan fingerprint density at radius 1 is 1.41 bits per heavy atom. The zero-order valence-corrected chi connectivity index (χ0v) is 16.3. The van der Waals surface area contributed by atoms with E-state index in [1.807, 2.05) is 11.9 Å². The monoisotopic (exact) mass is 420 g/mol. The maximum absolute atomic E-state index is 13.5. The van der Waals surface area contributed by atoms with Crippen molar-refractivity contribution < 1.29 is 19.0 Å². The quantitative estimate of drug-likeness (QED) is 0.607. The van der Waals surface area contributed by atoms with Crippen LogP contribution in [0.2, 0.25) is 0 Å². The van der Waals surface area contributed by atoms with Crippen LogP contribution >= 0.6 is 11.3 Å². The van der Waals surface area contributed by atoms with Crippen molar-refractivity contribution in [2.24, 2.45) is 0 Å². The van der Waals surface area contributed by atoms with E-state index in [1.165, 1.54) is 16.1 Å². The second-order valence-electron chi connectivity index (χ2n) is 6.48. The van der Waals surface area contributed by atoms with Gasteiger partial charge in [0.2, 0.25) is 17.3 Å². The van der Waals surface area contributed by atoms with Crippen molar-refractivity contribution in [3.05, 3.63) is 39.5 Å². The largest absolute Gasteiger partial charge is 0.477 e. The van der Waals surface area contributed by atoms with Gasteiger partial charge in [-0.1, -0.05) is 0 Å². The van der Waals surface area contributed by atoms with Crippen LogP contribution in [0.1, 0.15) is 10.4 Å². The van der Waals surface area contributed by atoms with Crippen molar-refractivity contribution in [1.82, 2.24) is 24.8 Å². The minimum absolute atomic E-state index is 0.0110. The molecule has 4 rings (SSSR count). The number of anilines is 1. The highest BCUT2D eigenvalue weighted by molar-refractivity contribution is 7.12. The third-order valence-electron chi connectivity index (χ3n) is 4.85. The summed E-state index contributed by atoms with van der Waals surface area (Å²) in [7, 11) is 3.46. The van der Waals surface area contributed by atoms with Crippen molar-refractivity contribution in [3.63, 3.8) is 0 Å². The third kappa shape index (κ3) is 3.34. The summed E-state index contributed by atoms with van der Waals surface area (Å²) in [4.78, 5) is 38.5. The first-order valence-electron chi connectivity index (χ1n) is 8.65. The number of hydrogen-bond acceptors (Lipinski definition) is 9. The average molecular weight is 420 g/mol. The first-order chi connectivity index (χ1) is 13.9. The fourth-order valence-corrected chi connectivity index (χ4v) is 4.01. The van der Waals surface area contributed by atoms with Crippen LogP contribution in [0, 0.1) is 5.95 Å². The fraction of sp³-hybridized carbons (Fsp3) is 0.353. The lowest BCUT2D eigenvalue weighted by atomic mass is 10.2. The molecular weight excluding hydrogens is 403 g/mol. The highest BCUT2D eigenvalue weighted by atomic mass is 32.1. The number of carbonyl (C=O) groups is 1. The van der Waals surface area contributed by atoms with Crippen LogP contribution in [0.5, 0.6) is 0 Å². The number of thiazole rings is 1. The van der Waals surface area contributed by atoms with Crippen LogP contribution in [0.15, 0.2) is 22.6 Å². The Morgan fingerprint density at radius 2 is 2.21 bits per heavy atom. The SMILES string of the molecule is CN[C@H]1CN(c2ncc3c(=O)c(C(=O)O)cn(-c4nc(F)cs4)c3n2)C[C@@H]1OC. The van der Waals surface area contributed by atoms with Gasteiger partial charge in [0.15, 0.2) is 10.8 Å². The van der Waals surface area contributed by atoms with Gasteiger partial charge in [-0.05, 0) is 7.05 Å². The van der Waals surface area contributed by atoms with Gasteiger partial charge in [0.05, 0.1) is 17.5 Å². The Balaban J connectivity index is 1.88. The summed E-state index contributed by atoms with van der Waals surface area (Å²) >= 11 is 0.968. The summed E-state index contributed by atoms with van der Waals surface area (Å²) < 4.78 is 20.3. The summed E-state index contributed by atoms with van der Waals surface area (Å²) in [5.41, 5.74) is -1.03. The van der Waals surface area contributed by atoms with E-state index < -0.39 is 22.9 Å². The van der Waals surface area contributed by atoms with Gasteiger partial charge in [0.25, 0.3) is 0 Å². The molecule has 4 heterocycles. The number of likely N-dealkylation sites (N-methyl/N-ethyl adjacent to an activating group) is 1. The van der Waals surface area contributed by atoms with Gasteiger partial charge in [0, 0.05) is 38.0 Å². The number of nitrogens with zero attached hydrogens (tertiary/aromatic N) is 5. The van der Waals surface area contributed by atoms with E-state index in [-0.39, 0.29) is 28.3 Å². The number of methoxy groups -OCH3 is 1. The second kappa shape index (κ2) is 7.46. The van der Waals surface area contributed by atoms with E-state index in [1.54, 1.807) is 7.11 Å². The van der Waals surface area contributed by atoms with Gasteiger partial charge < -0.3 is 20.1 Å². The topological polar surface area (TPSA) is 122 Å². The summed E-state index contributed by atoms with van der Waals surface area (Å²) in [6.45, 7) is 1.13. The molecule has 2 N–H and O–H groups in total. The molecule has 0 aromatic carbocycles. The minimum atomic E-state index is -1.40. The van der Waals surface area contributed by atoms with Crippen molar-refractivity contribution >= 4 is 34.3 Å². The van der Waals surface area contributed by atoms with Gasteiger partial charge in [-0.3, -0.25) is 9.36 Å². The molecule has 1 aliphatic heterocycles. The number of fused-ring (bicyclic) bond motifs is 1. The van der Waals surface area contributed by atoms with Crippen molar-refractivity contribution in [2.45, 2.75) is 12.1 Å². The second-order valence-corrected chi connectivity index (χ2v) is 7.32. The van der Waals surface area contributed by atoms with Crippen LogP contribution < -0.4 is 15.6 Å². The first-order valence-corrected chi connectivity index (χ1v) is 9.53. The molecule has 0 radical (unpaired) electrons. The summed E-state index contributed by atoms with van der Waals surface area (Å²) in [6.07, 6.45) is 2.34. The Morgan fingerprint density at radius 3 is 2.79 bits per heavy atom. The number of ether oxygens (including phenoxy) is 1. The number of hydrogen-bond donors (Lipinski definition) is 2. The molecule has 152 valence electrons. The minimum Gasteiger partial charge on any atom is -0.477 e. The summed E-state index contributed by atoms with van der Waals surface area (Å²) in [6, 6.07) is 0.0731. The Labute approximate surface area is 167 Å². The van der Waals surface area contributed by atoms with Crippen molar-refractivity contribution in [2.75, 3.05) is 32.1 Å². The number of rotatable bonds is 5. The molecule has 1 saturated heterocycles. The Bertz CT molecular complexity index is 1140. The molecule has 2 atom stereocenters. The van der Waals surface area contributed by atoms with Gasteiger partial charge in [-0.2, -0.15) is 14.4 Å². The average Bonchev–Trinajstić information content (AvgIpc) is 3.33. The van der Waals surface area contributed by atoms with E-state index in [0.717, 1.165) is 17.5 Å². The molecule has 0 bridgehead atoms. The maximum Gasteiger partial charge on any atom is 0.341 e. The first kappa shape index (κ1) is 19.4. The van der Waals surface area contributed by atoms with E-state index in [9.17, 15) is 19.1 Å². The number of nitrogens with one attached hydrogen (secondary N) is 1. The molecule has 0 spiro atoms. The highest BCUT2D eigenvalue weighted by Gasteiger charge is 2.33. The maximum atomic E-state index is 13.5. The van der Waals surface area contributed by atoms with Crippen LogP contribution in [0.25, 0.3) is 16.2 Å². The molecule has 29 heavy (non-hydrogen) atoms. The molecule has 0 saturated carbocycles. The highest BCUT2D eigenvalue weighted by Crippen LogP contribution is 2.23. The fourth-order valence-electron chi connectivity index (χ4n) is 3.36. The number of aromatic carboxylic acids is 1. The molecule has 0 aliphatic carbocycles. The zero-order chi connectivity index (χ0) is 20.7. The van der Waals surface area contributed by atoms with Gasteiger partial charge in [-0.25, -0.2) is 9.78 Å². The lowest BCUT2D eigenvalue weighted by molar-refractivity contribution is 0.0695. The van der Waals surface area contributed by atoms with Crippen LogP contribution in [-0.2, 0) is 4.74 Å². The Kier molecular flexibility index (Phi) is 4.98. The number of aromatic nitrogens is 4. The molecule has 1 fully saturated rings. The molecule has 3 aromatic rings. The standard InChI is InChI=1S/C17H17FN6O4S/c1-19-10-5-23(6-11(10)28-2)16-20-3-8-13(25)9(15(26)27)4-24(14(8)22-16)17-21-12(18)7-29-17/h3-4,7,10-11,19H,5-6H2,1-2H3,(H,26,27)/t10-,11-/m0/s1. The van der Waals surface area contributed by atoms with Crippen LogP contribution in [0.3, 0.4) is 0 Å². The third-order valence-corrected chi connectivity index (χ3v) is 5.67. The normalized spacial score (nSPS) is 19.2. The predicted octanol–water partition coefficient (Wildman–Crippen LogP) is 0.497. The lowest BCUT2D eigenvalue weighted by Crippen LogP contribution is -2.37. The van der Waals surface area contributed by atoms with E-state index >= 15 is 0 Å². The van der Waals surface area contributed by atoms with Crippen molar-refractivity contribution in [1.29, 1.82) is 0 Å². The number of carboxylic acids is 1. The van der Waals surface area contributed by atoms with Crippen LogP contribution in [0.4, 0.5) is 10.3 Å². The summed E-state index contributed by atoms with van der Waals surface area (Å²) in [5, 5.41) is 13.9. The van der Waals surface area contributed by atoms with Gasteiger partial charge >= 0.3 is 5.97 Å². The number of halogens is 1. The van der Waals surface area contributed by atoms with Gasteiger partial charge in [0.1, 0.15) is 5.56 Å². The predicted molar refractivity (Wildman–Crippen MR) is 104 cm³/mol. The molecule has 1 aliphatic rings. The Hall–Kier alpha value is -2.96. The molecule has 12 heteroatoms. The van der Waals surface area contributed by atoms with E-state index in [2.05, 4.69) is 20.3 Å². The molecule has 3 aromatic heterocycles. The molecule has 0 unspecified atom stereocenters. The summed E-state index contributed by atoms with van der Waals surface area (Å²) in [5.74, 6) is -1.75. The number of pyridine rings is 1. The van der Waals surface area contributed by atoms with E-state index in [0.29, 0.717) is 19.0 Å². The number of carboxylic acid groups (broad SMARTS) is 1. The van der Waals surface area contributed by atoms with E-state index in [4.69, 9.17) is 4.74 Å². The lowest BCUT2D eigenvalue weighted by Gasteiger charge is -2.17. The van der Waals surface area contributed by atoms with Crippen LogP contribution in [-0.4, -0.2) is 70.0 Å². The zero-order valence-electron chi connectivity index (χ0n) is 15.5.